The van der Waals surface area contributed by atoms with Crippen LogP contribution in [0.3, 0.4) is 0 Å². The first-order chi connectivity index (χ1) is 13.0. The van der Waals surface area contributed by atoms with Crippen molar-refractivity contribution in [3.63, 3.8) is 0 Å². The summed E-state index contributed by atoms with van der Waals surface area (Å²) in [6.07, 6.45) is 2.17. The first-order valence-electron chi connectivity index (χ1n) is 9.76. The number of para-hydroxylation sites is 2. The minimum Gasteiger partial charge on any atom is -0.337 e. The van der Waals surface area contributed by atoms with E-state index in [1.807, 2.05) is 29.2 Å². The second-order valence-corrected chi connectivity index (χ2v) is 8.12. The Bertz CT molecular complexity index is 1060. The van der Waals surface area contributed by atoms with Crippen LogP contribution in [0.4, 0.5) is 0 Å². The molecule has 6 heteroatoms. The fourth-order valence-corrected chi connectivity index (χ4v) is 4.02. The van der Waals surface area contributed by atoms with Crippen molar-refractivity contribution in [2.45, 2.75) is 40.2 Å². The van der Waals surface area contributed by atoms with Gasteiger partial charge >= 0.3 is 0 Å². The summed E-state index contributed by atoms with van der Waals surface area (Å²) in [6, 6.07) is 9.40. The lowest BCUT2D eigenvalue weighted by Gasteiger charge is -2.30. The van der Waals surface area contributed by atoms with Crippen LogP contribution in [-0.4, -0.2) is 38.1 Å². The molecule has 6 nitrogen and oxygen atoms in total. The molecule has 1 atom stereocenters. The van der Waals surface area contributed by atoms with Gasteiger partial charge in [-0.1, -0.05) is 32.9 Å². The van der Waals surface area contributed by atoms with Gasteiger partial charge < -0.3 is 9.47 Å². The van der Waals surface area contributed by atoms with E-state index in [2.05, 4.69) is 25.9 Å². The van der Waals surface area contributed by atoms with Gasteiger partial charge in [-0.05, 0) is 36.8 Å². The van der Waals surface area contributed by atoms with Crippen LogP contribution in [0.15, 0.2) is 35.1 Å². The van der Waals surface area contributed by atoms with Gasteiger partial charge in [0.15, 0.2) is 5.69 Å². The Labute approximate surface area is 158 Å². The monoisotopic (exact) mass is 366 g/mol. The van der Waals surface area contributed by atoms with Gasteiger partial charge in [-0.15, -0.1) is 0 Å². The molecule has 27 heavy (non-hydrogen) atoms. The highest BCUT2D eigenvalue weighted by Gasteiger charge is 2.25. The molecule has 1 fully saturated rings. The zero-order valence-electron chi connectivity index (χ0n) is 16.2. The Morgan fingerprint density at radius 3 is 2.67 bits per heavy atom. The van der Waals surface area contributed by atoms with Crippen LogP contribution in [0.5, 0.6) is 0 Å². The number of carbonyl (C=O) groups is 1. The number of nitrogens with zero attached hydrogens (tertiary/aromatic N) is 4. The molecule has 3 heterocycles. The highest BCUT2D eigenvalue weighted by Crippen LogP contribution is 2.20. The van der Waals surface area contributed by atoms with Gasteiger partial charge in [0, 0.05) is 25.7 Å². The van der Waals surface area contributed by atoms with Crippen molar-refractivity contribution in [1.29, 1.82) is 0 Å². The van der Waals surface area contributed by atoms with Crippen molar-refractivity contribution in [3.05, 3.63) is 46.4 Å². The number of carbonyl (C=O) groups excluding carboxylic acids is 1. The average molecular weight is 366 g/mol. The third kappa shape index (κ3) is 3.13. The molecule has 0 bridgehead atoms. The SMILES string of the molecule is CC(C)Cn1c(=O)c2cc(C(=O)N3CCC[C@@H](C)C3)nn2c2ccccc21. The lowest BCUT2D eigenvalue weighted by atomic mass is 10.00. The van der Waals surface area contributed by atoms with Gasteiger partial charge in [0.05, 0.1) is 11.0 Å². The van der Waals surface area contributed by atoms with Crippen LogP contribution in [0.1, 0.15) is 44.1 Å². The predicted molar refractivity (Wildman–Crippen MR) is 106 cm³/mol. The van der Waals surface area contributed by atoms with Gasteiger partial charge in [0.25, 0.3) is 11.5 Å². The number of rotatable bonds is 3. The minimum absolute atomic E-state index is 0.0795. The summed E-state index contributed by atoms with van der Waals surface area (Å²) >= 11 is 0. The van der Waals surface area contributed by atoms with E-state index in [1.54, 1.807) is 15.1 Å². The number of benzene rings is 1. The summed E-state index contributed by atoms with van der Waals surface area (Å²) in [5.74, 6) is 0.764. The molecule has 0 radical (unpaired) electrons. The van der Waals surface area contributed by atoms with Crippen LogP contribution in [0.2, 0.25) is 0 Å². The van der Waals surface area contributed by atoms with E-state index in [9.17, 15) is 9.59 Å². The maximum absolute atomic E-state index is 13.1. The molecule has 0 aliphatic carbocycles. The quantitative estimate of drug-likeness (QED) is 0.715. The van der Waals surface area contributed by atoms with Crippen molar-refractivity contribution in [2.24, 2.45) is 11.8 Å². The largest absolute Gasteiger partial charge is 0.337 e. The Kier molecular flexibility index (Phi) is 4.50. The van der Waals surface area contributed by atoms with Gasteiger partial charge in [-0.2, -0.15) is 5.10 Å². The summed E-state index contributed by atoms with van der Waals surface area (Å²) in [5.41, 5.74) is 2.41. The molecule has 0 unspecified atom stereocenters. The standard InChI is InChI=1S/C21H26N4O2/c1-14(2)12-24-17-8-4-5-9-18(17)25-19(21(24)27)11-16(22-25)20(26)23-10-6-7-15(3)13-23/h4-5,8-9,11,14-15H,6-7,10,12-13H2,1-3H3/t15-/m1/s1. The lowest BCUT2D eigenvalue weighted by Crippen LogP contribution is -2.39. The molecule has 0 saturated carbocycles. The third-order valence-corrected chi connectivity index (χ3v) is 5.29. The maximum atomic E-state index is 13.1. The van der Waals surface area contributed by atoms with Crippen LogP contribution in [0, 0.1) is 11.8 Å². The molecular weight excluding hydrogens is 340 g/mol. The molecular formula is C21H26N4O2. The normalized spacial score (nSPS) is 17.9. The number of fused-ring (bicyclic) bond motifs is 3. The lowest BCUT2D eigenvalue weighted by molar-refractivity contribution is 0.0677. The third-order valence-electron chi connectivity index (χ3n) is 5.29. The predicted octanol–water partition coefficient (Wildman–Crippen LogP) is 3.18. The number of piperidine rings is 1. The zero-order valence-corrected chi connectivity index (χ0v) is 16.2. The Balaban J connectivity index is 1.87. The molecule has 3 aromatic rings. The molecule has 1 aromatic carbocycles. The molecule has 0 spiro atoms. The summed E-state index contributed by atoms with van der Waals surface area (Å²) in [4.78, 5) is 28.0. The van der Waals surface area contributed by atoms with Crippen molar-refractivity contribution in [2.75, 3.05) is 13.1 Å². The summed E-state index contributed by atoms with van der Waals surface area (Å²) < 4.78 is 3.43. The molecule has 1 amide bonds. The molecule has 0 N–H and O–H groups in total. The Morgan fingerprint density at radius 2 is 1.96 bits per heavy atom. The first kappa shape index (κ1) is 17.8. The fourth-order valence-electron chi connectivity index (χ4n) is 4.02. The number of amides is 1. The number of hydrogen-bond acceptors (Lipinski definition) is 3. The van der Waals surface area contributed by atoms with E-state index in [0.29, 0.717) is 29.6 Å². The Hall–Kier alpha value is -2.63. The van der Waals surface area contributed by atoms with Crippen molar-refractivity contribution >= 4 is 22.5 Å². The van der Waals surface area contributed by atoms with Crippen LogP contribution < -0.4 is 5.56 Å². The highest BCUT2D eigenvalue weighted by atomic mass is 16.2. The van der Waals surface area contributed by atoms with E-state index < -0.39 is 0 Å². The van der Waals surface area contributed by atoms with E-state index >= 15 is 0 Å². The minimum atomic E-state index is -0.0963. The van der Waals surface area contributed by atoms with Crippen molar-refractivity contribution in [3.8, 4) is 0 Å². The van der Waals surface area contributed by atoms with E-state index in [4.69, 9.17) is 0 Å². The molecule has 1 aliphatic heterocycles. The summed E-state index contributed by atoms with van der Waals surface area (Å²) in [5, 5.41) is 4.53. The summed E-state index contributed by atoms with van der Waals surface area (Å²) in [6.45, 7) is 8.50. The topological polar surface area (TPSA) is 59.6 Å². The van der Waals surface area contributed by atoms with Gasteiger partial charge in [-0.3, -0.25) is 9.59 Å². The smallest absolute Gasteiger partial charge is 0.277 e. The number of likely N-dealkylation sites (tertiary alicyclic amines) is 1. The highest BCUT2D eigenvalue weighted by molar-refractivity contribution is 5.94. The number of aromatic nitrogens is 3. The van der Waals surface area contributed by atoms with E-state index in [0.717, 1.165) is 37.0 Å². The van der Waals surface area contributed by atoms with Gasteiger partial charge in [-0.25, -0.2) is 4.52 Å². The second-order valence-electron chi connectivity index (χ2n) is 8.12. The molecule has 1 saturated heterocycles. The molecule has 142 valence electrons. The van der Waals surface area contributed by atoms with E-state index in [1.165, 1.54) is 0 Å². The average Bonchev–Trinajstić information content (AvgIpc) is 3.10. The number of hydrogen-bond donors (Lipinski definition) is 0. The van der Waals surface area contributed by atoms with Crippen molar-refractivity contribution < 1.29 is 4.79 Å². The first-order valence-corrected chi connectivity index (χ1v) is 9.76. The van der Waals surface area contributed by atoms with Crippen LogP contribution in [0.25, 0.3) is 16.6 Å². The van der Waals surface area contributed by atoms with Crippen LogP contribution >= 0.6 is 0 Å². The van der Waals surface area contributed by atoms with E-state index in [-0.39, 0.29) is 11.5 Å². The van der Waals surface area contributed by atoms with Gasteiger partial charge in [0.1, 0.15) is 5.52 Å². The van der Waals surface area contributed by atoms with Gasteiger partial charge in [0.2, 0.25) is 0 Å². The maximum Gasteiger partial charge on any atom is 0.277 e. The molecule has 2 aromatic heterocycles. The fraction of sp³-hybridized carbons (Fsp3) is 0.476. The molecule has 1 aliphatic rings. The second kappa shape index (κ2) is 6.83. The zero-order chi connectivity index (χ0) is 19.1. The Morgan fingerprint density at radius 1 is 1.22 bits per heavy atom. The summed E-state index contributed by atoms with van der Waals surface area (Å²) in [7, 11) is 0. The van der Waals surface area contributed by atoms with Crippen LogP contribution in [-0.2, 0) is 6.54 Å². The molecule has 4 rings (SSSR count). The van der Waals surface area contributed by atoms with Crippen molar-refractivity contribution in [1.82, 2.24) is 19.1 Å².